The minimum Gasteiger partial charge on any atom is -0.239 e. The molecule has 2 unspecified atom stereocenters. The summed E-state index contributed by atoms with van der Waals surface area (Å²) >= 11 is 0. The zero-order valence-electron chi connectivity index (χ0n) is 11.4. The molecule has 0 saturated carbocycles. The van der Waals surface area contributed by atoms with Crippen molar-refractivity contribution in [1.82, 2.24) is 14.8 Å². The molecule has 20 heavy (non-hydrogen) atoms. The van der Waals surface area contributed by atoms with E-state index in [9.17, 15) is 4.39 Å². The van der Waals surface area contributed by atoms with Gasteiger partial charge in [0, 0.05) is 6.42 Å². The van der Waals surface area contributed by atoms with Crippen LogP contribution >= 0.6 is 0 Å². The first kappa shape index (κ1) is 12.8. The van der Waals surface area contributed by atoms with Crippen LogP contribution in [0, 0.1) is 11.3 Å². The highest BCUT2D eigenvalue weighted by Crippen LogP contribution is 2.40. The maximum atomic E-state index is 14.2. The molecule has 2 aromatic rings. The number of aromatic nitrogens is 3. The largest absolute Gasteiger partial charge is 0.239 e. The summed E-state index contributed by atoms with van der Waals surface area (Å²) in [7, 11) is 0. The molecule has 0 bridgehead atoms. The number of halogens is 1. The van der Waals surface area contributed by atoms with Gasteiger partial charge >= 0.3 is 0 Å². The second-order valence-electron chi connectivity index (χ2n) is 5.60. The van der Waals surface area contributed by atoms with Gasteiger partial charge in [0.25, 0.3) is 0 Å². The van der Waals surface area contributed by atoms with Crippen molar-refractivity contribution in [3.63, 3.8) is 0 Å². The quantitative estimate of drug-likeness (QED) is 0.842. The van der Waals surface area contributed by atoms with Gasteiger partial charge in [0.15, 0.2) is 17.8 Å². The Balaban J connectivity index is 2.05. The fraction of sp³-hybridized carbons (Fsp3) is 0.400. The van der Waals surface area contributed by atoms with Gasteiger partial charge in [0.2, 0.25) is 0 Å². The lowest BCUT2D eigenvalue weighted by atomic mass is 9.95. The Morgan fingerprint density at radius 1 is 1.35 bits per heavy atom. The van der Waals surface area contributed by atoms with Crippen LogP contribution in [-0.4, -0.2) is 14.8 Å². The Morgan fingerprint density at radius 3 is 2.70 bits per heavy atom. The van der Waals surface area contributed by atoms with Crippen molar-refractivity contribution in [3.8, 4) is 6.07 Å². The first-order chi connectivity index (χ1) is 9.53. The van der Waals surface area contributed by atoms with E-state index < -0.39 is 11.6 Å². The third-order valence-electron chi connectivity index (χ3n) is 3.69. The molecule has 2 atom stereocenters. The van der Waals surface area contributed by atoms with Crippen molar-refractivity contribution in [2.75, 3.05) is 0 Å². The molecule has 1 aromatic carbocycles. The highest BCUT2D eigenvalue weighted by molar-refractivity contribution is 5.25. The highest BCUT2D eigenvalue weighted by atomic mass is 19.1. The second kappa shape index (κ2) is 4.41. The molecule has 1 aliphatic heterocycles. The fourth-order valence-corrected chi connectivity index (χ4v) is 2.45. The van der Waals surface area contributed by atoms with E-state index in [2.05, 4.69) is 16.2 Å². The van der Waals surface area contributed by atoms with E-state index in [0.29, 0.717) is 18.1 Å². The number of hydrogen-bond acceptors (Lipinski definition) is 3. The standard InChI is InChI=1S/C15H15FN4/c1-15(2,9-17)14-18-13-11(16)8-12(20(13)19-14)10-6-4-3-5-7-10/h3-7,11-12H,8H2,1-2H3. The number of benzene rings is 1. The molecule has 1 aliphatic rings. The SMILES string of the molecule is CC(C)(C#N)c1nc2n(n1)C(c1ccccc1)CC2F. The van der Waals surface area contributed by atoms with Crippen LogP contribution in [-0.2, 0) is 5.41 Å². The Hall–Kier alpha value is -2.22. The van der Waals surface area contributed by atoms with Gasteiger partial charge < -0.3 is 0 Å². The molecule has 0 amide bonds. The third-order valence-corrected chi connectivity index (χ3v) is 3.69. The van der Waals surface area contributed by atoms with E-state index in [1.165, 1.54) is 0 Å². The molecule has 2 heterocycles. The summed E-state index contributed by atoms with van der Waals surface area (Å²) in [6.45, 7) is 3.48. The molecule has 4 nitrogen and oxygen atoms in total. The van der Waals surface area contributed by atoms with Crippen molar-refractivity contribution in [2.45, 2.75) is 37.9 Å². The van der Waals surface area contributed by atoms with Crippen LogP contribution in [0.4, 0.5) is 4.39 Å². The molecule has 0 spiro atoms. The van der Waals surface area contributed by atoms with Gasteiger partial charge in [-0.15, -0.1) is 0 Å². The predicted molar refractivity (Wildman–Crippen MR) is 71.7 cm³/mol. The summed E-state index contributed by atoms with van der Waals surface area (Å²) in [5.41, 5.74) is 0.207. The summed E-state index contributed by atoms with van der Waals surface area (Å²) < 4.78 is 15.8. The van der Waals surface area contributed by atoms with Crippen LogP contribution in [0.25, 0.3) is 0 Å². The number of nitrogens with zero attached hydrogens (tertiary/aromatic N) is 4. The van der Waals surface area contributed by atoms with Gasteiger partial charge in [0.05, 0.1) is 12.1 Å². The normalized spacial score (nSPS) is 21.5. The smallest absolute Gasteiger partial charge is 0.170 e. The Labute approximate surface area is 116 Å². The van der Waals surface area contributed by atoms with E-state index >= 15 is 0 Å². The average Bonchev–Trinajstić information content (AvgIpc) is 3.01. The maximum absolute atomic E-state index is 14.2. The molecular weight excluding hydrogens is 255 g/mol. The summed E-state index contributed by atoms with van der Waals surface area (Å²) in [4.78, 5) is 4.24. The van der Waals surface area contributed by atoms with E-state index in [0.717, 1.165) is 5.56 Å². The molecular formula is C15H15FN4. The monoisotopic (exact) mass is 270 g/mol. The zero-order valence-corrected chi connectivity index (χ0v) is 11.4. The molecule has 0 N–H and O–H groups in total. The molecule has 0 saturated heterocycles. The van der Waals surface area contributed by atoms with Gasteiger partial charge in [-0.05, 0) is 19.4 Å². The Morgan fingerprint density at radius 2 is 2.05 bits per heavy atom. The van der Waals surface area contributed by atoms with Crippen molar-refractivity contribution < 1.29 is 4.39 Å². The van der Waals surface area contributed by atoms with Crippen LogP contribution < -0.4 is 0 Å². The van der Waals surface area contributed by atoms with E-state index in [1.54, 1.807) is 18.5 Å². The molecule has 1 aromatic heterocycles. The maximum Gasteiger partial charge on any atom is 0.170 e. The van der Waals surface area contributed by atoms with Crippen LogP contribution in [0.3, 0.4) is 0 Å². The first-order valence-corrected chi connectivity index (χ1v) is 6.60. The zero-order chi connectivity index (χ0) is 14.3. The molecule has 0 aliphatic carbocycles. The van der Waals surface area contributed by atoms with Crippen LogP contribution in [0.5, 0.6) is 0 Å². The van der Waals surface area contributed by atoms with E-state index in [1.807, 2.05) is 30.3 Å². The van der Waals surface area contributed by atoms with Gasteiger partial charge in [0.1, 0.15) is 5.41 Å². The summed E-state index contributed by atoms with van der Waals surface area (Å²) in [6.07, 6.45) is -0.775. The Kier molecular flexibility index (Phi) is 2.82. The number of nitriles is 1. The van der Waals surface area contributed by atoms with Crippen molar-refractivity contribution in [2.24, 2.45) is 0 Å². The molecule has 3 rings (SSSR count). The highest BCUT2D eigenvalue weighted by Gasteiger charge is 2.38. The van der Waals surface area contributed by atoms with Crippen LogP contribution in [0.15, 0.2) is 30.3 Å². The minimum atomic E-state index is -1.13. The number of fused-ring (bicyclic) bond motifs is 1. The van der Waals surface area contributed by atoms with Crippen molar-refractivity contribution in [3.05, 3.63) is 47.5 Å². The lowest BCUT2D eigenvalue weighted by Gasteiger charge is -2.13. The lowest BCUT2D eigenvalue weighted by Crippen LogP contribution is -2.18. The summed E-state index contributed by atoms with van der Waals surface area (Å²) in [6, 6.07) is 11.7. The summed E-state index contributed by atoms with van der Waals surface area (Å²) in [5.74, 6) is 0.718. The number of alkyl halides is 1. The molecule has 102 valence electrons. The van der Waals surface area contributed by atoms with Crippen LogP contribution in [0.2, 0.25) is 0 Å². The number of hydrogen-bond donors (Lipinski definition) is 0. The van der Waals surface area contributed by atoms with Gasteiger partial charge in [-0.3, -0.25) is 0 Å². The van der Waals surface area contributed by atoms with Gasteiger partial charge in [-0.1, -0.05) is 30.3 Å². The fourth-order valence-electron chi connectivity index (χ4n) is 2.45. The molecule has 5 heteroatoms. The Bertz CT molecular complexity index is 669. The minimum absolute atomic E-state index is 0.142. The molecule has 0 radical (unpaired) electrons. The average molecular weight is 270 g/mol. The number of rotatable bonds is 2. The molecule has 0 fully saturated rings. The van der Waals surface area contributed by atoms with Gasteiger partial charge in [-0.2, -0.15) is 10.4 Å². The van der Waals surface area contributed by atoms with E-state index in [4.69, 9.17) is 5.26 Å². The van der Waals surface area contributed by atoms with E-state index in [-0.39, 0.29) is 6.04 Å². The third kappa shape index (κ3) is 1.88. The summed E-state index contributed by atoms with van der Waals surface area (Å²) in [5, 5.41) is 13.5. The van der Waals surface area contributed by atoms with Crippen LogP contribution in [0.1, 0.15) is 49.7 Å². The first-order valence-electron chi connectivity index (χ1n) is 6.60. The second-order valence-corrected chi connectivity index (χ2v) is 5.60. The lowest BCUT2D eigenvalue weighted by molar-refractivity contribution is 0.327. The van der Waals surface area contributed by atoms with Crippen molar-refractivity contribution >= 4 is 0 Å². The predicted octanol–water partition coefficient (Wildman–Crippen LogP) is 3.08. The van der Waals surface area contributed by atoms with Crippen molar-refractivity contribution in [1.29, 1.82) is 5.26 Å². The topological polar surface area (TPSA) is 54.5 Å². The van der Waals surface area contributed by atoms with Gasteiger partial charge in [-0.25, -0.2) is 14.1 Å².